The Morgan fingerprint density at radius 3 is 3.00 bits per heavy atom. The van der Waals surface area contributed by atoms with Gasteiger partial charge in [0, 0.05) is 18.4 Å². The molecule has 3 nitrogen and oxygen atoms in total. The second-order valence-corrected chi connectivity index (χ2v) is 4.92. The Kier molecular flexibility index (Phi) is 2.54. The summed E-state index contributed by atoms with van der Waals surface area (Å²) in [5.74, 6) is 1.60. The predicted octanol–water partition coefficient (Wildman–Crippen LogP) is 2.00. The van der Waals surface area contributed by atoms with E-state index in [1.807, 2.05) is 6.07 Å². The first kappa shape index (κ1) is 10.6. The van der Waals surface area contributed by atoms with Gasteiger partial charge in [0.15, 0.2) is 0 Å². The van der Waals surface area contributed by atoms with Crippen molar-refractivity contribution in [2.45, 2.75) is 37.6 Å². The van der Waals surface area contributed by atoms with Gasteiger partial charge in [-0.15, -0.1) is 0 Å². The fourth-order valence-electron chi connectivity index (χ4n) is 3.10. The molecule has 2 unspecified atom stereocenters. The molecule has 1 aromatic carbocycles. The van der Waals surface area contributed by atoms with Crippen molar-refractivity contribution in [1.29, 1.82) is 0 Å². The fourth-order valence-corrected chi connectivity index (χ4v) is 3.10. The summed E-state index contributed by atoms with van der Waals surface area (Å²) in [4.78, 5) is 11.4. The highest BCUT2D eigenvalue weighted by Gasteiger charge is 2.34. The maximum absolute atomic E-state index is 11.4. The van der Waals surface area contributed by atoms with E-state index in [0.29, 0.717) is 18.4 Å². The Hall–Kier alpha value is -1.51. The van der Waals surface area contributed by atoms with E-state index in [9.17, 15) is 4.79 Å². The van der Waals surface area contributed by atoms with Crippen LogP contribution in [0.4, 0.5) is 0 Å². The van der Waals surface area contributed by atoms with Crippen molar-refractivity contribution in [2.24, 2.45) is 0 Å². The summed E-state index contributed by atoms with van der Waals surface area (Å²) < 4.78 is 5.29. The first-order valence-corrected chi connectivity index (χ1v) is 6.24. The number of hydrogen-bond acceptors (Lipinski definition) is 2. The van der Waals surface area contributed by atoms with Crippen LogP contribution >= 0.6 is 0 Å². The van der Waals surface area contributed by atoms with Crippen molar-refractivity contribution in [3.8, 4) is 5.75 Å². The van der Waals surface area contributed by atoms with Crippen molar-refractivity contribution >= 4 is 5.91 Å². The molecule has 1 aromatic rings. The van der Waals surface area contributed by atoms with E-state index in [-0.39, 0.29) is 5.91 Å². The molecule has 3 heteroatoms. The van der Waals surface area contributed by atoms with Crippen LogP contribution in [0.15, 0.2) is 18.2 Å². The second kappa shape index (κ2) is 4.06. The van der Waals surface area contributed by atoms with Crippen LogP contribution in [0.3, 0.4) is 0 Å². The van der Waals surface area contributed by atoms with Crippen molar-refractivity contribution in [2.75, 3.05) is 7.11 Å². The zero-order valence-electron chi connectivity index (χ0n) is 10.0. The summed E-state index contributed by atoms with van der Waals surface area (Å²) in [6, 6.07) is 6.67. The van der Waals surface area contributed by atoms with Gasteiger partial charge in [0.1, 0.15) is 5.75 Å². The number of nitrogens with one attached hydrogen (secondary N) is 1. The van der Waals surface area contributed by atoms with Gasteiger partial charge in [-0.25, -0.2) is 0 Å². The zero-order chi connectivity index (χ0) is 11.8. The van der Waals surface area contributed by atoms with Gasteiger partial charge in [0.2, 0.25) is 5.91 Å². The molecule has 1 aliphatic carbocycles. The van der Waals surface area contributed by atoms with Crippen molar-refractivity contribution in [1.82, 2.24) is 5.32 Å². The molecule has 0 bridgehead atoms. The standard InChI is InChI=1S/C14H17NO2/c1-17-10-4-2-9-3-6-13-11(12(9)8-10)5-7-14(16)15-13/h2,4,8,11,13H,3,5-7H2,1H3,(H,15,16). The maximum atomic E-state index is 11.4. The molecular weight excluding hydrogens is 214 g/mol. The number of methoxy groups -OCH3 is 1. The number of carbonyl (C=O) groups is 1. The van der Waals surface area contributed by atoms with Gasteiger partial charge in [0.05, 0.1) is 7.11 Å². The van der Waals surface area contributed by atoms with E-state index < -0.39 is 0 Å². The van der Waals surface area contributed by atoms with Crippen molar-refractivity contribution < 1.29 is 9.53 Å². The summed E-state index contributed by atoms with van der Waals surface area (Å²) in [6.45, 7) is 0. The highest BCUT2D eigenvalue weighted by Crippen LogP contribution is 2.38. The lowest BCUT2D eigenvalue weighted by Crippen LogP contribution is -2.45. The highest BCUT2D eigenvalue weighted by molar-refractivity contribution is 5.77. The molecule has 1 heterocycles. The first-order valence-electron chi connectivity index (χ1n) is 6.24. The molecule has 1 N–H and O–H groups in total. The van der Waals surface area contributed by atoms with Gasteiger partial charge in [0.25, 0.3) is 0 Å². The quantitative estimate of drug-likeness (QED) is 0.803. The largest absolute Gasteiger partial charge is 0.497 e. The molecule has 1 fully saturated rings. The van der Waals surface area contributed by atoms with Crippen LogP contribution < -0.4 is 10.1 Å². The number of amides is 1. The van der Waals surface area contributed by atoms with Gasteiger partial charge in [-0.3, -0.25) is 4.79 Å². The molecule has 3 rings (SSSR count). The van der Waals surface area contributed by atoms with E-state index in [2.05, 4.69) is 17.4 Å². The van der Waals surface area contributed by atoms with E-state index in [1.54, 1.807) is 7.11 Å². The Balaban J connectivity index is 1.97. The van der Waals surface area contributed by atoms with E-state index in [4.69, 9.17) is 4.74 Å². The second-order valence-electron chi connectivity index (χ2n) is 4.92. The summed E-state index contributed by atoms with van der Waals surface area (Å²) in [6.07, 6.45) is 3.74. The summed E-state index contributed by atoms with van der Waals surface area (Å²) in [5.41, 5.74) is 2.80. The molecule has 2 aliphatic rings. The number of aryl methyl sites for hydroxylation is 1. The third-order valence-electron chi connectivity index (χ3n) is 3.99. The van der Waals surface area contributed by atoms with Crippen LogP contribution in [0, 0.1) is 0 Å². The molecule has 2 atom stereocenters. The third-order valence-corrected chi connectivity index (χ3v) is 3.99. The molecule has 0 radical (unpaired) electrons. The highest BCUT2D eigenvalue weighted by atomic mass is 16.5. The third kappa shape index (κ3) is 1.79. The molecule has 0 saturated carbocycles. The van der Waals surface area contributed by atoms with E-state index >= 15 is 0 Å². The molecule has 1 aliphatic heterocycles. The van der Waals surface area contributed by atoms with Crippen LogP contribution in [0.25, 0.3) is 0 Å². The van der Waals surface area contributed by atoms with E-state index in [1.165, 1.54) is 11.1 Å². The van der Waals surface area contributed by atoms with E-state index in [0.717, 1.165) is 25.0 Å². The van der Waals surface area contributed by atoms with Crippen LogP contribution in [0.2, 0.25) is 0 Å². The average Bonchev–Trinajstić information content (AvgIpc) is 2.37. The minimum absolute atomic E-state index is 0.206. The van der Waals surface area contributed by atoms with Gasteiger partial charge in [-0.05, 0) is 42.5 Å². The maximum Gasteiger partial charge on any atom is 0.220 e. The minimum Gasteiger partial charge on any atom is -0.497 e. The number of carbonyl (C=O) groups excluding carboxylic acids is 1. The fraction of sp³-hybridized carbons (Fsp3) is 0.500. The Labute approximate surface area is 101 Å². The molecule has 0 spiro atoms. The lowest BCUT2D eigenvalue weighted by Gasteiger charge is -2.37. The topological polar surface area (TPSA) is 38.3 Å². The van der Waals surface area contributed by atoms with Crippen LogP contribution in [0.1, 0.15) is 36.3 Å². The smallest absolute Gasteiger partial charge is 0.220 e. The van der Waals surface area contributed by atoms with Crippen LogP contribution in [0.5, 0.6) is 5.75 Å². The average molecular weight is 231 g/mol. The summed E-state index contributed by atoms with van der Waals surface area (Å²) in [5, 5.41) is 3.12. The van der Waals surface area contributed by atoms with Gasteiger partial charge >= 0.3 is 0 Å². The lowest BCUT2D eigenvalue weighted by atomic mass is 9.75. The van der Waals surface area contributed by atoms with Gasteiger partial charge in [-0.1, -0.05) is 6.07 Å². The molecule has 0 aromatic heterocycles. The van der Waals surface area contributed by atoms with Gasteiger partial charge in [-0.2, -0.15) is 0 Å². The monoisotopic (exact) mass is 231 g/mol. The number of ether oxygens (including phenoxy) is 1. The normalized spacial score (nSPS) is 26.8. The molecule has 90 valence electrons. The summed E-state index contributed by atoms with van der Waals surface area (Å²) >= 11 is 0. The number of fused-ring (bicyclic) bond motifs is 3. The van der Waals surface area contributed by atoms with Crippen LogP contribution in [-0.4, -0.2) is 19.1 Å². The van der Waals surface area contributed by atoms with Crippen molar-refractivity contribution in [3.63, 3.8) is 0 Å². The number of hydrogen-bond donors (Lipinski definition) is 1. The van der Waals surface area contributed by atoms with Crippen LogP contribution in [-0.2, 0) is 11.2 Å². The lowest BCUT2D eigenvalue weighted by molar-refractivity contribution is -0.123. The SMILES string of the molecule is COc1ccc2c(c1)C1CCC(=O)NC1CC2. The predicted molar refractivity (Wildman–Crippen MR) is 65.2 cm³/mol. The summed E-state index contributed by atoms with van der Waals surface area (Å²) in [7, 11) is 1.70. The molecular formula is C14H17NO2. The van der Waals surface area contributed by atoms with Crippen molar-refractivity contribution in [3.05, 3.63) is 29.3 Å². The minimum atomic E-state index is 0.206. The number of piperidine rings is 1. The molecule has 1 saturated heterocycles. The Morgan fingerprint density at radius 2 is 2.18 bits per heavy atom. The zero-order valence-corrected chi connectivity index (χ0v) is 10.0. The first-order chi connectivity index (χ1) is 8.28. The van der Waals surface area contributed by atoms with Gasteiger partial charge < -0.3 is 10.1 Å². The molecule has 1 amide bonds. The molecule has 17 heavy (non-hydrogen) atoms. The Morgan fingerprint density at radius 1 is 1.29 bits per heavy atom. The number of benzene rings is 1. The Bertz CT molecular complexity index is 456. The number of rotatable bonds is 1.